The third kappa shape index (κ3) is 7.81. The Labute approximate surface area is 479 Å². The smallest absolute Gasteiger partial charge is 0.297 e. The molecule has 0 spiro atoms. The van der Waals surface area contributed by atoms with Gasteiger partial charge in [0.25, 0.3) is 6.71 Å². The molecule has 0 N–H and O–H groups in total. The maximum absolute atomic E-state index is 7.79. The van der Waals surface area contributed by atoms with Crippen molar-refractivity contribution in [2.24, 2.45) is 0 Å². The summed E-state index contributed by atoms with van der Waals surface area (Å²) in [6.45, 7) is 33.4. The Kier molecular flexibility index (Phi) is 11.0. The molecule has 10 aromatic rings. The molecule has 0 saturated heterocycles. The molecule has 0 unspecified atom stereocenters. The van der Waals surface area contributed by atoms with Crippen molar-refractivity contribution in [3.8, 4) is 0 Å². The van der Waals surface area contributed by atoms with Crippen LogP contribution in [0.2, 0.25) is 0 Å². The molecule has 6 heteroatoms. The lowest BCUT2D eigenvalue weighted by Gasteiger charge is -2.45. The second kappa shape index (κ2) is 17.3. The Morgan fingerprint density at radius 2 is 1.02 bits per heavy atom. The number of hydrogen-bond donors (Lipinski definition) is 0. The van der Waals surface area contributed by atoms with Crippen LogP contribution >= 0.6 is 11.3 Å². The Balaban J connectivity index is 1.14. The number of nitrogens with zero attached hydrogens (tertiary/aromatic N) is 3. The molecule has 4 aliphatic rings. The molecule has 8 aromatic carbocycles. The van der Waals surface area contributed by atoms with E-state index in [1.165, 1.54) is 86.9 Å². The molecule has 2 aromatic heterocycles. The predicted molar refractivity (Wildman–Crippen MR) is 346 cm³/mol. The quantitative estimate of drug-likeness (QED) is 0.160. The number of rotatable bonds is 5. The fraction of sp³-hybridized carbons (Fsp3) is 0.324. The predicted octanol–water partition coefficient (Wildman–Crippen LogP) is 19.6. The van der Waals surface area contributed by atoms with Gasteiger partial charge in [0.15, 0.2) is 0 Å². The molecule has 0 fully saturated rings. The highest BCUT2D eigenvalue weighted by molar-refractivity contribution is 7.25. The van der Waals surface area contributed by atoms with Gasteiger partial charge >= 0.3 is 0 Å². The van der Waals surface area contributed by atoms with Crippen molar-refractivity contribution in [2.75, 3.05) is 14.7 Å². The highest BCUT2D eigenvalue weighted by Gasteiger charge is 2.49. The van der Waals surface area contributed by atoms with E-state index in [9.17, 15) is 0 Å². The first-order chi connectivity index (χ1) is 37.9. The van der Waals surface area contributed by atoms with Crippen molar-refractivity contribution in [3.05, 3.63) is 191 Å². The lowest BCUT2D eigenvalue weighted by Crippen LogP contribution is -2.61. The Hall–Kier alpha value is -7.02. The maximum atomic E-state index is 7.79. The van der Waals surface area contributed by atoms with E-state index in [0.29, 0.717) is 0 Å². The molecule has 2 aliphatic carbocycles. The van der Waals surface area contributed by atoms with E-state index in [2.05, 4.69) is 269 Å². The van der Waals surface area contributed by atoms with E-state index in [4.69, 9.17) is 4.42 Å². The average Bonchev–Trinajstić information content (AvgIpc) is 2.01. The molecule has 2 aliphatic heterocycles. The van der Waals surface area contributed by atoms with E-state index in [1.807, 2.05) is 11.3 Å². The van der Waals surface area contributed by atoms with Gasteiger partial charge in [0.2, 0.25) is 0 Å². The van der Waals surface area contributed by atoms with Crippen molar-refractivity contribution in [1.82, 2.24) is 0 Å². The maximum Gasteiger partial charge on any atom is 0.297 e. The zero-order valence-electron chi connectivity index (χ0n) is 49.6. The van der Waals surface area contributed by atoms with E-state index in [-0.39, 0.29) is 39.2 Å². The number of fused-ring (bicyclic) bond motifs is 11. The molecule has 14 rings (SSSR count). The second-order valence-corrected chi connectivity index (χ2v) is 29.8. The number of para-hydroxylation sites is 1. The largest absolute Gasteiger partial charge is 0.468 e. The summed E-state index contributed by atoms with van der Waals surface area (Å²) in [4.78, 5) is 7.75. The summed E-state index contributed by atoms with van der Waals surface area (Å²) in [6.07, 6.45) is 4.56. The fourth-order valence-electron chi connectivity index (χ4n) is 14.4. The number of hydrogen-bond acceptors (Lipinski definition) is 5. The highest BCUT2D eigenvalue weighted by atomic mass is 32.1. The number of furan rings is 1. The highest BCUT2D eigenvalue weighted by Crippen LogP contribution is 2.55. The minimum absolute atomic E-state index is 0.00365. The van der Waals surface area contributed by atoms with Crippen LogP contribution in [-0.2, 0) is 32.5 Å². The molecule has 0 radical (unpaired) electrons. The minimum Gasteiger partial charge on any atom is -0.468 e. The molecule has 4 nitrogen and oxygen atoms in total. The molecule has 0 atom stereocenters. The van der Waals surface area contributed by atoms with Crippen LogP contribution in [0.5, 0.6) is 0 Å². The third-order valence-electron chi connectivity index (χ3n) is 19.5. The minimum atomic E-state index is -0.207. The molecular formula is C74H76BN3OS. The first-order valence-electron chi connectivity index (χ1n) is 29.4. The average molecular weight is 1070 g/mol. The van der Waals surface area contributed by atoms with E-state index in [0.717, 1.165) is 71.1 Å². The number of anilines is 9. The van der Waals surface area contributed by atoms with Gasteiger partial charge in [0.1, 0.15) is 5.58 Å². The number of benzene rings is 8. The van der Waals surface area contributed by atoms with E-state index >= 15 is 0 Å². The molecule has 0 bridgehead atoms. The summed E-state index contributed by atoms with van der Waals surface area (Å²) < 4.78 is 10.4. The van der Waals surface area contributed by atoms with Crippen LogP contribution in [0.15, 0.2) is 162 Å². The van der Waals surface area contributed by atoms with Crippen molar-refractivity contribution < 1.29 is 4.42 Å². The Bertz CT molecular complexity index is 4180. The summed E-state index contributed by atoms with van der Waals surface area (Å²) >= 11 is 1.88. The van der Waals surface area contributed by atoms with Crippen LogP contribution in [0.3, 0.4) is 0 Å². The molecule has 0 amide bonds. The lowest BCUT2D eigenvalue weighted by atomic mass is 9.35. The van der Waals surface area contributed by atoms with Gasteiger partial charge < -0.3 is 19.1 Å². The van der Waals surface area contributed by atoms with Crippen molar-refractivity contribution in [1.29, 1.82) is 0 Å². The number of thiophene rings is 1. The Morgan fingerprint density at radius 1 is 0.450 bits per heavy atom. The van der Waals surface area contributed by atoms with Crippen LogP contribution in [0.1, 0.15) is 156 Å². The molecule has 0 saturated carbocycles. The lowest BCUT2D eigenvalue weighted by molar-refractivity contribution is 0.332. The van der Waals surface area contributed by atoms with Gasteiger partial charge in [-0.1, -0.05) is 170 Å². The SMILES string of the molecule is CC(C)(C)c1ccc(N2c3ccc(C(C)(C)C)cc3B3c4oc5cc6c(cc5c4N(c4ccc5c(c4)C(C)(C)CCC5(C)C)c4cc(N(c5ccccc5)c5ccc7c(c5)sc5ccccc57)cc2c43)C(C)(C)CCC6(C)C)cc1. The standard InChI is InChI=1S/C74H76BN3OS/c1-69(2,3)45-24-27-48(28-25-45)77-60-33-26-46(70(4,5)6)38-59(60)75-66-61(77)40-51(76(47-20-16-15-17-21-47)50-29-31-53-52-22-18-19-23-64(52)80-65(53)42-50)41-62(66)78(49-30-32-55-56(39-49)72(9,10)35-34-71(55,7)8)67-54-43-57-58(44-63(54)79-68(67)75)74(13,14)37-36-73(57,11)12/h15-33,38-44H,34-37H2,1-14H3. The zero-order valence-corrected chi connectivity index (χ0v) is 50.4. The summed E-state index contributed by atoms with van der Waals surface area (Å²) in [5, 5.41) is 3.78. The van der Waals surface area contributed by atoms with Gasteiger partial charge in [0, 0.05) is 65.4 Å². The topological polar surface area (TPSA) is 22.9 Å². The summed E-state index contributed by atoms with van der Waals surface area (Å²) in [7, 11) is 0. The van der Waals surface area contributed by atoms with E-state index < -0.39 is 0 Å². The first-order valence-corrected chi connectivity index (χ1v) is 30.3. The van der Waals surface area contributed by atoms with Crippen LogP contribution < -0.4 is 31.3 Å². The van der Waals surface area contributed by atoms with Crippen molar-refractivity contribution in [2.45, 2.75) is 155 Å². The fourth-order valence-corrected chi connectivity index (χ4v) is 15.5. The van der Waals surface area contributed by atoms with E-state index in [1.54, 1.807) is 0 Å². The van der Waals surface area contributed by atoms with Crippen LogP contribution in [0, 0.1) is 0 Å². The normalized spacial score (nSPS) is 17.5. The second-order valence-electron chi connectivity index (χ2n) is 28.7. The monoisotopic (exact) mass is 1070 g/mol. The van der Waals surface area contributed by atoms with Crippen molar-refractivity contribution >= 4 is 117 Å². The van der Waals surface area contributed by atoms with Gasteiger partial charge in [-0.3, -0.25) is 0 Å². The van der Waals surface area contributed by atoms with Crippen LogP contribution in [0.25, 0.3) is 31.1 Å². The summed E-state index contributed by atoms with van der Waals surface area (Å²) in [6, 6.07) is 61.3. The Morgan fingerprint density at radius 3 is 1.70 bits per heavy atom. The first kappa shape index (κ1) is 51.2. The molecule has 80 heavy (non-hydrogen) atoms. The molecular weight excluding hydrogens is 990 g/mol. The van der Waals surface area contributed by atoms with Crippen LogP contribution in [-0.4, -0.2) is 6.71 Å². The molecule has 4 heterocycles. The van der Waals surface area contributed by atoms with Gasteiger partial charge in [-0.25, -0.2) is 0 Å². The van der Waals surface area contributed by atoms with Gasteiger partial charge in [-0.2, -0.15) is 0 Å². The van der Waals surface area contributed by atoms with Crippen LogP contribution in [0.4, 0.5) is 51.2 Å². The zero-order chi connectivity index (χ0) is 55.8. The van der Waals surface area contributed by atoms with Gasteiger partial charge in [-0.15, -0.1) is 11.3 Å². The summed E-state index contributed by atoms with van der Waals surface area (Å²) in [5.41, 5.74) is 23.1. The molecule has 402 valence electrons. The van der Waals surface area contributed by atoms with Crippen molar-refractivity contribution in [3.63, 3.8) is 0 Å². The third-order valence-corrected chi connectivity index (χ3v) is 20.6. The van der Waals surface area contributed by atoms with Gasteiger partial charge in [0.05, 0.1) is 17.0 Å². The van der Waals surface area contributed by atoms with Gasteiger partial charge in [-0.05, 0) is 187 Å². The summed E-state index contributed by atoms with van der Waals surface area (Å²) in [5.74, 6) is 0.